The van der Waals surface area contributed by atoms with E-state index in [0.29, 0.717) is 17.5 Å². The summed E-state index contributed by atoms with van der Waals surface area (Å²) >= 11 is 0. The van der Waals surface area contributed by atoms with Crippen LogP contribution in [0.5, 0.6) is 0 Å². The molecule has 2 rings (SSSR count). The fourth-order valence-electron chi connectivity index (χ4n) is 1.09. The fourth-order valence-corrected chi connectivity index (χ4v) is 1.09. The Labute approximate surface area is 69.9 Å². The summed E-state index contributed by atoms with van der Waals surface area (Å²) in [6.45, 7) is 2.11. The molecule has 0 radical (unpaired) electrons. The molecule has 1 heterocycles. The second kappa shape index (κ2) is 2.62. The van der Waals surface area contributed by atoms with Crippen LogP contribution in [0.3, 0.4) is 0 Å². The van der Waals surface area contributed by atoms with Crippen molar-refractivity contribution in [3.05, 3.63) is 18.0 Å². The molecule has 2 atom stereocenters. The minimum atomic E-state index is -0.0920. The lowest BCUT2D eigenvalue weighted by atomic mass is 10.3. The van der Waals surface area contributed by atoms with Crippen molar-refractivity contribution in [2.24, 2.45) is 5.92 Å². The van der Waals surface area contributed by atoms with Gasteiger partial charge < -0.3 is 9.84 Å². The molecule has 4 nitrogen and oxygen atoms in total. The SMILES string of the molecule is CC1CC1NC(=O)c1cnoc1. The highest BCUT2D eigenvalue weighted by atomic mass is 16.5. The average molecular weight is 166 g/mol. The van der Waals surface area contributed by atoms with Gasteiger partial charge in [0.1, 0.15) is 6.26 Å². The lowest BCUT2D eigenvalue weighted by Gasteiger charge is -1.98. The van der Waals surface area contributed by atoms with Crippen molar-refractivity contribution in [2.75, 3.05) is 0 Å². The average Bonchev–Trinajstić information content (AvgIpc) is 2.58. The molecule has 2 unspecified atom stereocenters. The predicted molar refractivity (Wildman–Crippen MR) is 41.5 cm³/mol. The van der Waals surface area contributed by atoms with Crippen LogP contribution in [-0.4, -0.2) is 17.1 Å². The van der Waals surface area contributed by atoms with E-state index in [9.17, 15) is 4.79 Å². The van der Waals surface area contributed by atoms with E-state index < -0.39 is 0 Å². The highest BCUT2D eigenvalue weighted by Crippen LogP contribution is 2.29. The minimum Gasteiger partial charge on any atom is -0.364 e. The predicted octanol–water partition coefficient (Wildman–Crippen LogP) is 0.813. The van der Waals surface area contributed by atoms with Gasteiger partial charge in [0.2, 0.25) is 0 Å². The van der Waals surface area contributed by atoms with E-state index in [1.165, 1.54) is 12.5 Å². The molecule has 4 heteroatoms. The molecule has 0 saturated heterocycles. The molecular weight excluding hydrogens is 156 g/mol. The van der Waals surface area contributed by atoms with Crippen molar-refractivity contribution in [2.45, 2.75) is 19.4 Å². The molecule has 1 N–H and O–H groups in total. The van der Waals surface area contributed by atoms with E-state index in [1.54, 1.807) is 0 Å². The third-order valence-electron chi connectivity index (χ3n) is 2.12. The minimum absolute atomic E-state index is 0.0920. The van der Waals surface area contributed by atoms with E-state index in [1.807, 2.05) is 0 Å². The van der Waals surface area contributed by atoms with Crippen LogP contribution in [0.4, 0.5) is 0 Å². The summed E-state index contributed by atoms with van der Waals surface area (Å²) in [6, 6.07) is 0.354. The van der Waals surface area contributed by atoms with Gasteiger partial charge in [0.15, 0.2) is 0 Å². The van der Waals surface area contributed by atoms with Crippen LogP contribution < -0.4 is 5.32 Å². The smallest absolute Gasteiger partial charge is 0.256 e. The third kappa shape index (κ3) is 1.32. The van der Waals surface area contributed by atoms with Crippen molar-refractivity contribution in [1.29, 1.82) is 0 Å². The summed E-state index contributed by atoms with van der Waals surface area (Å²) in [5.74, 6) is 0.527. The van der Waals surface area contributed by atoms with E-state index >= 15 is 0 Å². The van der Waals surface area contributed by atoms with Crippen LogP contribution in [-0.2, 0) is 0 Å². The van der Waals surface area contributed by atoms with Crippen molar-refractivity contribution in [1.82, 2.24) is 10.5 Å². The number of nitrogens with zero attached hydrogens (tertiary/aromatic N) is 1. The number of nitrogens with one attached hydrogen (secondary N) is 1. The van der Waals surface area contributed by atoms with Crippen LogP contribution in [0.25, 0.3) is 0 Å². The maximum absolute atomic E-state index is 11.3. The van der Waals surface area contributed by atoms with Crippen LogP contribution in [0.2, 0.25) is 0 Å². The lowest BCUT2D eigenvalue weighted by Crippen LogP contribution is -2.25. The van der Waals surface area contributed by atoms with Gasteiger partial charge >= 0.3 is 0 Å². The van der Waals surface area contributed by atoms with Crippen molar-refractivity contribution in [3.63, 3.8) is 0 Å². The maximum atomic E-state index is 11.3. The summed E-state index contributed by atoms with van der Waals surface area (Å²) in [6.07, 6.45) is 3.85. The molecular formula is C8H10N2O2. The summed E-state index contributed by atoms with van der Waals surface area (Å²) in [5.41, 5.74) is 0.495. The number of amides is 1. The van der Waals surface area contributed by atoms with Crippen LogP contribution in [0, 0.1) is 5.92 Å². The van der Waals surface area contributed by atoms with Gasteiger partial charge in [-0.2, -0.15) is 0 Å². The molecule has 1 aromatic heterocycles. The number of carbonyl (C=O) groups is 1. The van der Waals surface area contributed by atoms with Gasteiger partial charge in [0.25, 0.3) is 5.91 Å². The third-order valence-corrected chi connectivity index (χ3v) is 2.12. The Bertz CT molecular complexity index is 281. The summed E-state index contributed by atoms with van der Waals surface area (Å²) in [7, 11) is 0. The summed E-state index contributed by atoms with van der Waals surface area (Å²) in [5, 5.41) is 6.32. The standard InChI is InChI=1S/C8H10N2O2/c1-5-2-7(5)10-8(11)6-3-9-12-4-6/h3-5,7H,2H2,1H3,(H,10,11). The molecule has 1 aromatic rings. The number of hydrogen-bond donors (Lipinski definition) is 1. The number of aromatic nitrogens is 1. The van der Waals surface area contributed by atoms with Crippen LogP contribution in [0.15, 0.2) is 17.0 Å². The first-order chi connectivity index (χ1) is 5.77. The first-order valence-corrected chi connectivity index (χ1v) is 3.97. The molecule has 0 aliphatic heterocycles. The molecule has 1 aliphatic carbocycles. The van der Waals surface area contributed by atoms with E-state index in [-0.39, 0.29) is 5.91 Å². The molecule has 64 valence electrons. The second-order valence-electron chi connectivity index (χ2n) is 3.21. The van der Waals surface area contributed by atoms with Gasteiger partial charge in [-0.3, -0.25) is 4.79 Å². The Hall–Kier alpha value is -1.32. The molecule has 1 saturated carbocycles. The van der Waals surface area contributed by atoms with Gasteiger partial charge in [0.05, 0.1) is 11.8 Å². The molecule has 1 fully saturated rings. The molecule has 12 heavy (non-hydrogen) atoms. The first kappa shape index (κ1) is 7.34. The largest absolute Gasteiger partial charge is 0.364 e. The van der Waals surface area contributed by atoms with Crippen LogP contribution in [0.1, 0.15) is 23.7 Å². The monoisotopic (exact) mass is 166 g/mol. The summed E-state index contributed by atoms with van der Waals surface area (Å²) in [4.78, 5) is 11.3. The van der Waals surface area contributed by atoms with Gasteiger partial charge in [-0.1, -0.05) is 12.1 Å². The van der Waals surface area contributed by atoms with E-state index in [2.05, 4.69) is 21.9 Å². The highest BCUT2D eigenvalue weighted by molar-refractivity contribution is 5.93. The van der Waals surface area contributed by atoms with E-state index in [0.717, 1.165) is 6.42 Å². The van der Waals surface area contributed by atoms with Gasteiger partial charge in [-0.05, 0) is 12.3 Å². The number of carbonyl (C=O) groups excluding carboxylic acids is 1. The molecule has 0 aromatic carbocycles. The Kier molecular flexibility index (Phi) is 1.60. The first-order valence-electron chi connectivity index (χ1n) is 3.97. The fraction of sp³-hybridized carbons (Fsp3) is 0.500. The van der Waals surface area contributed by atoms with E-state index in [4.69, 9.17) is 0 Å². The van der Waals surface area contributed by atoms with Gasteiger partial charge in [0, 0.05) is 6.04 Å². The zero-order chi connectivity index (χ0) is 8.55. The lowest BCUT2D eigenvalue weighted by molar-refractivity contribution is 0.0948. The molecule has 1 aliphatic rings. The Morgan fingerprint density at radius 1 is 1.83 bits per heavy atom. The Balaban J connectivity index is 1.93. The zero-order valence-electron chi connectivity index (χ0n) is 6.78. The topological polar surface area (TPSA) is 55.1 Å². The maximum Gasteiger partial charge on any atom is 0.256 e. The quantitative estimate of drug-likeness (QED) is 0.707. The molecule has 1 amide bonds. The van der Waals surface area contributed by atoms with Crippen molar-refractivity contribution in [3.8, 4) is 0 Å². The highest BCUT2D eigenvalue weighted by Gasteiger charge is 2.34. The molecule has 0 bridgehead atoms. The summed E-state index contributed by atoms with van der Waals surface area (Å²) < 4.78 is 4.55. The van der Waals surface area contributed by atoms with Crippen LogP contribution >= 0.6 is 0 Å². The molecule has 0 spiro atoms. The van der Waals surface area contributed by atoms with Crippen molar-refractivity contribution < 1.29 is 9.32 Å². The zero-order valence-corrected chi connectivity index (χ0v) is 6.78. The second-order valence-corrected chi connectivity index (χ2v) is 3.21. The number of hydrogen-bond acceptors (Lipinski definition) is 3. The van der Waals surface area contributed by atoms with Crippen molar-refractivity contribution >= 4 is 5.91 Å². The Morgan fingerprint density at radius 3 is 3.08 bits per heavy atom. The Morgan fingerprint density at radius 2 is 2.58 bits per heavy atom. The normalized spacial score (nSPS) is 26.8. The number of rotatable bonds is 2. The van der Waals surface area contributed by atoms with Gasteiger partial charge in [-0.15, -0.1) is 0 Å². The van der Waals surface area contributed by atoms with Gasteiger partial charge in [-0.25, -0.2) is 0 Å².